The summed E-state index contributed by atoms with van der Waals surface area (Å²) in [4.78, 5) is 0. The Labute approximate surface area is 161 Å². The molecule has 1 aliphatic heterocycles. The molecule has 1 heterocycles. The van der Waals surface area contributed by atoms with Gasteiger partial charge >= 0.3 is 7.12 Å². The Bertz CT molecular complexity index is 629. The van der Waals surface area contributed by atoms with Crippen LogP contribution in [-0.2, 0) is 20.7 Å². The van der Waals surface area contributed by atoms with Crippen LogP contribution in [0, 0.1) is 0 Å². The lowest BCUT2D eigenvalue weighted by Gasteiger charge is -2.32. The molecule has 1 saturated heterocycles. The molecule has 2 atom stereocenters. The monoisotopic (exact) mass is 381 g/mol. The molecule has 1 aromatic rings. The van der Waals surface area contributed by atoms with Crippen LogP contribution in [0.25, 0.3) is 0 Å². The predicted octanol–water partition coefficient (Wildman–Crippen LogP) is 3.11. The molecule has 1 aromatic carbocycles. The molecule has 0 spiro atoms. The molecule has 146 valence electrons. The van der Waals surface area contributed by atoms with Crippen LogP contribution in [0.5, 0.6) is 5.75 Å². The first-order valence-corrected chi connectivity index (χ1v) is 10.1. The smallest absolute Gasteiger partial charge is 0.494 e. The van der Waals surface area contributed by atoms with E-state index in [1.165, 1.54) is 0 Å². The summed E-state index contributed by atoms with van der Waals surface area (Å²) in [7, 11) is 1.20. The fourth-order valence-corrected chi connectivity index (χ4v) is 3.41. The molecular formula is C19H32BNO4S. The van der Waals surface area contributed by atoms with Gasteiger partial charge in [0.1, 0.15) is 10.5 Å². The second kappa shape index (κ2) is 7.36. The van der Waals surface area contributed by atoms with Crippen molar-refractivity contribution in [3.05, 3.63) is 23.8 Å². The van der Waals surface area contributed by atoms with Crippen LogP contribution < -0.4 is 14.9 Å². The Balaban J connectivity index is 2.23. The van der Waals surface area contributed by atoms with E-state index in [9.17, 15) is 4.55 Å². The Morgan fingerprint density at radius 3 is 2.15 bits per heavy atom. The summed E-state index contributed by atoms with van der Waals surface area (Å²) in [5.41, 5.74) is 1.09. The van der Waals surface area contributed by atoms with E-state index >= 15 is 0 Å². The fraction of sp³-hybridized carbons (Fsp3) is 0.684. The Morgan fingerprint density at radius 1 is 1.15 bits per heavy atom. The van der Waals surface area contributed by atoms with Gasteiger partial charge in [0, 0.05) is 16.9 Å². The van der Waals surface area contributed by atoms with Gasteiger partial charge in [0.25, 0.3) is 0 Å². The molecule has 0 bridgehead atoms. The highest BCUT2D eigenvalue weighted by Crippen LogP contribution is 2.37. The molecule has 1 aliphatic rings. The van der Waals surface area contributed by atoms with Crippen molar-refractivity contribution in [3.8, 4) is 5.75 Å². The summed E-state index contributed by atoms with van der Waals surface area (Å²) in [6.07, 6.45) is 0. The first-order valence-electron chi connectivity index (χ1n) is 9.00. The first kappa shape index (κ1) is 21.6. The minimum Gasteiger partial charge on any atom is -0.598 e. The standard InChI is InChI=1S/C19H32BNO4S/c1-13(21-26(22)17(2,3)4)15-11-10-14(12-16(15)23-9)20-24-18(5,6)19(7,8)25-20/h10-13,21H,1-9H3. The van der Waals surface area contributed by atoms with Crippen LogP contribution in [0.4, 0.5) is 0 Å². The minimum absolute atomic E-state index is 0.114. The van der Waals surface area contributed by atoms with Crippen molar-refractivity contribution in [1.82, 2.24) is 4.72 Å². The third-order valence-electron chi connectivity index (χ3n) is 5.09. The van der Waals surface area contributed by atoms with E-state index in [1.807, 2.05) is 73.6 Å². The molecule has 0 aromatic heterocycles. The molecule has 7 heteroatoms. The number of methoxy groups -OCH3 is 1. The van der Waals surface area contributed by atoms with Crippen molar-refractivity contribution >= 4 is 23.9 Å². The number of nitrogens with one attached hydrogen (secondary N) is 1. The van der Waals surface area contributed by atoms with Gasteiger partial charge in [0.2, 0.25) is 0 Å². The van der Waals surface area contributed by atoms with E-state index in [1.54, 1.807) is 7.11 Å². The van der Waals surface area contributed by atoms with Gasteiger partial charge in [-0.05, 0) is 66.9 Å². The van der Waals surface area contributed by atoms with Crippen molar-refractivity contribution in [2.45, 2.75) is 77.4 Å². The molecule has 1 N–H and O–H groups in total. The van der Waals surface area contributed by atoms with Gasteiger partial charge < -0.3 is 18.6 Å². The van der Waals surface area contributed by atoms with E-state index in [4.69, 9.17) is 14.0 Å². The van der Waals surface area contributed by atoms with E-state index in [0.29, 0.717) is 0 Å². The SMILES string of the molecule is COc1cc(B2OC(C)(C)C(C)(C)O2)ccc1C(C)N[S+]([O-])C(C)(C)C. The topological polar surface area (TPSA) is 62.8 Å². The van der Waals surface area contributed by atoms with Crippen LogP contribution in [0.3, 0.4) is 0 Å². The third-order valence-corrected chi connectivity index (χ3v) is 6.77. The zero-order chi connectivity index (χ0) is 19.9. The van der Waals surface area contributed by atoms with Gasteiger partial charge in [-0.15, -0.1) is 4.72 Å². The van der Waals surface area contributed by atoms with Crippen LogP contribution in [0.2, 0.25) is 0 Å². The number of hydrogen-bond acceptors (Lipinski definition) is 5. The quantitative estimate of drug-likeness (QED) is 0.627. The van der Waals surface area contributed by atoms with Crippen molar-refractivity contribution in [2.75, 3.05) is 7.11 Å². The summed E-state index contributed by atoms with van der Waals surface area (Å²) in [6.45, 7) is 16.0. The number of rotatable bonds is 5. The van der Waals surface area contributed by atoms with E-state index in [2.05, 4.69) is 4.72 Å². The summed E-state index contributed by atoms with van der Waals surface area (Å²) in [5, 5.41) is 0. The summed E-state index contributed by atoms with van der Waals surface area (Å²) < 4.78 is 33.0. The molecular weight excluding hydrogens is 349 g/mol. The average Bonchev–Trinajstić information content (AvgIpc) is 2.73. The molecule has 0 amide bonds. The summed E-state index contributed by atoms with van der Waals surface area (Å²) >= 11 is -1.16. The molecule has 5 nitrogen and oxygen atoms in total. The van der Waals surface area contributed by atoms with Crippen LogP contribution >= 0.6 is 0 Å². The van der Waals surface area contributed by atoms with Crippen molar-refractivity contribution in [3.63, 3.8) is 0 Å². The van der Waals surface area contributed by atoms with Crippen molar-refractivity contribution in [2.24, 2.45) is 0 Å². The maximum absolute atomic E-state index is 12.4. The Morgan fingerprint density at radius 2 is 1.69 bits per heavy atom. The maximum atomic E-state index is 12.4. The second-order valence-electron chi connectivity index (χ2n) is 8.81. The molecule has 2 rings (SSSR count). The molecule has 0 saturated carbocycles. The highest BCUT2D eigenvalue weighted by molar-refractivity contribution is 7.90. The van der Waals surface area contributed by atoms with Crippen LogP contribution in [-0.4, -0.2) is 34.7 Å². The number of ether oxygens (including phenoxy) is 1. The van der Waals surface area contributed by atoms with Crippen molar-refractivity contribution in [1.29, 1.82) is 0 Å². The van der Waals surface area contributed by atoms with Crippen LogP contribution in [0.1, 0.15) is 67.0 Å². The molecule has 0 radical (unpaired) electrons. The fourth-order valence-electron chi connectivity index (χ4n) is 2.61. The zero-order valence-corrected chi connectivity index (χ0v) is 18.2. The number of benzene rings is 1. The van der Waals surface area contributed by atoms with Gasteiger partial charge in [-0.1, -0.05) is 12.1 Å². The lowest BCUT2D eigenvalue weighted by atomic mass is 9.78. The minimum atomic E-state index is -1.16. The Hall–Kier alpha value is -0.725. The van der Waals surface area contributed by atoms with E-state index in [-0.39, 0.29) is 22.0 Å². The van der Waals surface area contributed by atoms with Gasteiger partial charge in [-0.2, -0.15) is 0 Å². The average molecular weight is 381 g/mol. The third kappa shape index (κ3) is 4.39. The van der Waals surface area contributed by atoms with E-state index in [0.717, 1.165) is 16.8 Å². The summed E-state index contributed by atoms with van der Waals surface area (Å²) in [5.74, 6) is 0.725. The molecule has 2 unspecified atom stereocenters. The second-order valence-corrected chi connectivity index (χ2v) is 10.8. The predicted molar refractivity (Wildman–Crippen MR) is 108 cm³/mol. The lowest BCUT2D eigenvalue weighted by Crippen LogP contribution is -2.41. The lowest BCUT2D eigenvalue weighted by molar-refractivity contribution is 0.00578. The van der Waals surface area contributed by atoms with Gasteiger partial charge in [0.15, 0.2) is 0 Å². The van der Waals surface area contributed by atoms with E-state index < -0.39 is 18.5 Å². The molecule has 0 aliphatic carbocycles. The normalized spacial score (nSPS) is 21.5. The number of hydrogen-bond donors (Lipinski definition) is 1. The van der Waals surface area contributed by atoms with Gasteiger partial charge in [-0.3, -0.25) is 0 Å². The highest BCUT2D eigenvalue weighted by atomic mass is 32.2. The summed E-state index contributed by atoms with van der Waals surface area (Å²) in [6, 6.07) is 5.79. The highest BCUT2D eigenvalue weighted by Gasteiger charge is 2.51. The Kier molecular flexibility index (Phi) is 6.11. The molecule has 26 heavy (non-hydrogen) atoms. The van der Waals surface area contributed by atoms with Gasteiger partial charge in [-0.25, -0.2) is 0 Å². The van der Waals surface area contributed by atoms with Crippen molar-refractivity contribution < 1.29 is 18.6 Å². The maximum Gasteiger partial charge on any atom is 0.494 e. The largest absolute Gasteiger partial charge is 0.598 e. The first-order chi connectivity index (χ1) is 11.8. The van der Waals surface area contributed by atoms with Crippen LogP contribution in [0.15, 0.2) is 18.2 Å². The molecule has 1 fully saturated rings. The van der Waals surface area contributed by atoms with Gasteiger partial charge in [0.05, 0.1) is 24.4 Å². The zero-order valence-electron chi connectivity index (χ0n) is 17.4.